The number of ether oxygens (including phenoxy) is 1. The molecule has 0 fully saturated rings. The molecule has 0 heterocycles. The Balaban J connectivity index is 2.72. The van der Waals surface area contributed by atoms with Crippen molar-refractivity contribution in [2.45, 2.75) is 6.92 Å². The maximum absolute atomic E-state index is 8.81. The maximum atomic E-state index is 8.81. The number of oxime groups is 1. The third-order valence-corrected chi connectivity index (χ3v) is 2.61. The minimum atomic E-state index is 0.544. The van der Waals surface area contributed by atoms with Crippen LogP contribution in [0.2, 0.25) is 0 Å². The number of rotatable bonds is 2. The van der Waals surface area contributed by atoms with Crippen LogP contribution in [0.1, 0.15) is 12.5 Å². The van der Waals surface area contributed by atoms with E-state index in [2.05, 4.69) is 5.16 Å². The Bertz CT molecular complexity index is 547. The number of methoxy groups -OCH3 is 1. The Morgan fingerprint density at radius 3 is 2.38 bits per heavy atom. The van der Waals surface area contributed by atoms with Crippen molar-refractivity contribution in [2.75, 3.05) is 7.11 Å². The van der Waals surface area contributed by atoms with Gasteiger partial charge in [0.2, 0.25) is 0 Å². The van der Waals surface area contributed by atoms with E-state index in [1.807, 2.05) is 36.4 Å². The molecule has 0 aliphatic carbocycles. The predicted molar refractivity (Wildman–Crippen MR) is 64.5 cm³/mol. The van der Waals surface area contributed by atoms with E-state index in [0.29, 0.717) is 11.5 Å². The molecular weight excluding hydrogens is 202 g/mol. The first-order valence-corrected chi connectivity index (χ1v) is 5.02. The van der Waals surface area contributed by atoms with E-state index in [-0.39, 0.29) is 0 Å². The van der Waals surface area contributed by atoms with Crippen molar-refractivity contribution in [3.8, 4) is 5.75 Å². The fraction of sp³-hybridized carbons (Fsp3) is 0.154. The first kappa shape index (κ1) is 10.5. The predicted octanol–water partition coefficient (Wildman–Crippen LogP) is 3.05. The summed E-state index contributed by atoms with van der Waals surface area (Å²) in [4.78, 5) is 0. The van der Waals surface area contributed by atoms with Gasteiger partial charge >= 0.3 is 0 Å². The molecule has 0 saturated heterocycles. The van der Waals surface area contributed by atoms with Crippen molar-refractivity contribution in [1.82, 2.24) is 0 Å². The molecule has 0 atom stereocenters. The number of nitrogens with zero attached hydrogens (tertiary/aromatic N) is 1. The highest BCUT2D eigenvalue weighted by atomic mass is 16.5. The number of fused-ring (bicyclic) bond motifs is 1. The molecule has 3 heteroatoms. The van der Waals surface area contributed by atoms with Gasteiger partial charge in [0, 0.05) is 5.56 Å². The summed E-state index contributed by atoms with van der Waals surface area (Å²) in [6.07, 6.45) is 0. The van der Waals surface area contributed by atoms with Gasteiger partial charge in [0.05, 0.1) is 12.8 Å². The standard InChI is InChI=1S/C13H13NO2/c1-9(14-15)12-7-10-5-3-4-6-11(10)8-13(12)16-2/h3-8,15H,1-2H3. The second-order valence-corrected chi connectivity index (χ2v) is 3.59. The van der Waals surface area contributed by atoms with E-state index in [4.69, 9.17) is 9.94 Å². The zero-order valence-electron chi connectivity index (χ0n) is 9.27. The van der Waals surface area contributed by atoms with Crippen LogP contribution < -0.4 is 4.74 Å². The van der Waals surface area contributed by atoms with Crippen molar-refractivity contribution < 1.29 is 9.94 Å². The molecule has 0 unspecified atom stereocenters. The molecule has 82 valence electrons. The molecule has 0 aromatic heterocycles. The van der Waals surface area contributed by atoms with Crippen molar-refractivity contribution in [1.29, 1.82) is 0 Å². The molecule has 2 aromatic rings. The molecule has 0 amide bonds. The quantitative estimate of drug-likeness (QED) is 0.475. The van der Waals surface area contributed by atoms with Crippen LogP contribution in [0.4, 0.5) is 0 Å². The third kappa shape index (κ3) is 1.72. The van der Waals surface area contributed by atoms with Gasteiger partial charge in [-0.05, 0) is 29.8 Å². The van der Waals surface area contributed by atoms with Crippen LogP contribution in [0.5, 0.6) is 5.75 Å². The van der Waals surface area contributed by atoms with E-state index in [0.717, 1.165) is 16.3 Å². The highest BCUT2D eigenvalue weighted by Gasteiger charge is 2.08. The Labute approximate surface area is 94.0 Å². The number of benzene rings is 2. The van der Waals surface area contributed by atoms with Gasteiger partial charge in [-0.1, -0.05) is 29.4 Å². The summed E-state index contributed by atoms with van der Waals surface area (Å²) in [5, 5.41) is 14.2. The van der Waals surface area contributed by atoms with Crippen LogP contribution >= 0.6 is 0 Å². The van der Waals surface area contributed by atoms with Gasteiger partial charge in [-0.2, -0.15) is 0 Å². The van der Waals surface area contributed by atoms with Crippen molar-refractivity contribution in [3.05, 3.63) is 42.0 Å². The van der Waals surface area contributed by atoms with Gasteiger partial charge in [0.25, 0.3) is 0 Å². The van der Waals surface area contributed by atoms with Crippen molar-refractivity contribution in [3.63, 3.8) is 0 Å². The fourth-order valence-electron chi connectivity index (χ4n) is 1.72. The van der Waals surface area contributed by atoms with Crippen LogP contribution in [-0.2, 0) is 0 Å². The average Bonchev–Trinajstić information content (AvgIpc) is 2.36. The maximum Gasteiger partial charge on any atom is 0.128 e. The topological polar surface area (TPSA) is 41.8 Å². The Hall–Kier alpha value is -2.03. The highest BCUT2D eigenvalue weighted by Crippen LogP contribution is 2.26. The van der Waals surface area contributed by atoms with E-state index in [9.17, 15) is 0 Å². The molecule has 0 aliphatic rings. The molecule has 0 spiro atoms. The summed E-state index contributed by atoms with van der Waals surface area (Å²) < 4.78 is 5.28. The zero-order chi connectivity index (χ0) is 11.5. The van der Waals surface area contributed by atoms with E-state index in [1.54, 1.807) is 14.0 Å². The highest BCUT2D eigenvalue weighted by molar-refractivity contribution is 6.04. The van der Waals surface area contributed by atoms with Crippen LogP contribution in [0.25, 0.3) is 10.8 Å². The lowest BCUT2D eigenvalue weighted by molar-refractivity contribution is 0.318. The molecule has 3 nitrogen and oxygen atoms in total. The summed E-state index contributed by atoms with van der Waals surface area (Å²) >= 11 is 0. The first-order chi connectivity index (χ1) is 7.76. The van der Waals surface area contributed by atoms with E-state index < -0.39 is 0 Å². The fourth-order valence-corrected chi connectivity index (χ4v) is 1.72. The van der Waals surface area contributed by atoms with Gasteiger partial charge in [0.15, 0.2) is 0 Å². The molecule has 1 N–H and O–H groups in total. The van der Waals surface area contributed by atoms with Crippen LogP contribution in [0, 0.1) is 0 Å². The molecule has 16 heavy (non-hydrogen) atoms. The minimum Gasteiger partial charge on any atom is -0.496 e. The van der Waals surface area contributed by atoms with Crippen LogP contribution in [0.3, 0.4) is 0 Å². The van der Waals surface area contributed by atoms with Gasteiger partial charge in [0.1, 0.15) is 5.75 Å². The monoisotopic (exact) mass is 215 g/mol. The lowest BCUT2D eigenvalue weighted by Gasteiger charge is -2.09. The molecule has 0 bridgehead atoms. The average molecular weight is 215 g/mol. The number of hydrogen-bond donors (Lipinski definition) is 1. The smallest absolute Gasteiger partial charge is 0.128 e. The summed E-state index contributed by atoms with van der Waals surface area (Å²) in [5.74, 6) is 0.717. The summed E-state index contributed by atoms with van der Waals surface area (Å²) in [7, 11) is 1.61. The Morgan fingerprint density at radius 1 is 1.19 bits per heavy atom. The molecule has 0 aliphatic heterocycles. The number of hydrogen-bond acceptors (Lipinski definition) is 3. The zero-order valence-corrected chi connectivity index (χ0v) is 9.27. The second kappa shape index (κ2) is 4.23. The third-order valence-electron chi connectivity index (χ3n) is 2.61. The van der Waals surface area contributed by atoms with Gasteiger partial charge in [-0.15, -0.1) is 0 Å². The molecule has 0 radical (unpaired) electrons. The van der Waals surface area contributed by atoms with Gasteiger partial charge < -0.3 is 9.94 Å². The van der Waals surface area contributed by atoms with Crippen LogP contribution in [-0.4, -0.2) is 18.0 Å². The van der Waals surface area contributed by atoms with Gasteiger partial charge in [-0.25, -0.2) is 0 Å². The Morgan fingerprint density at radius 2 is 1.81 bits per heavy atom. The summed E-state index contributed by atoms with van der Waals surface area (Å²) in [6.45, 7) is 1.74. The lowest BCUT2D eigenvalue weighted by atomic mass is 10.0. The minimum absolute atomic E-state index is 0.544. The SMILES string of the molecule is COc1cc2ccccc2cc1C(C)=NO. The second-order valence-electron chi connectivity index (χ2n) is 3.59. The van der Waals surface area contributed by atoms with Crippen molar-refractivity contribution in [2.24, 2.45) is 5.16 Å². The molecule has 2 rings (SSSR count). The molecule has 0 saturated carbocycles. The van der Waals surface area contributed by atoms with Gasteiger partial charge in [-0.3, -0.25) is 0 Å². The first-order valence-electron chi connectivity index (χ1n) is 5.02. The van der Waals surface area contributed by atoms with E-state index >= 15 is 0 Å². The summed E-state index contributed by atoms with van der Waals surface area (Å²) in [5.41, 5.74) is 1.35. The summed E-state index contributed by atoms with van der Waals surface area (Å²) in [6, 6.07) is 11.9. The van der Waals surface area contributed by atoms with Crippen molar-refractivity contribution >= 4 is 16.5 Å². The van der Waals surface area contributed by atoms with Crippen LogP contribution in [0.15, 0.2) is 41.6 Å². The molecular formula is C13H13NO2. The lowest BCUT2D eigenvalue weighted by Crippen LogP contribution is -1.99. The van der Waals surface area contributed by atoms with E-state index in [1.165, 1.54) is 0 Å². The Kier molecular flexibility index (Phi) is 2.77. The normalized spacial score (nSPS) is 11.8. The largest absolute Gasteiger partial charge is 0.496 e. The molecule has 2 aromatic carbocycles.